The second-order valence-electron chi connectivity index (χ2n) is 5.28. The van der Waals surface area contributed by atoms with E-state index in [0.29, 0.717) is 11.7 Å². The molecule has 3 nitrogen and oxygen atoms in total. The molecule has 2 N–H and O–H groups in total. The monoisotopic (exact) mass is 317 g/mol. The van der Waals surface area contributed by atoms with Gasteiger partial charge >= 0.3 is 0 Å². The van der Waals surface area contributed by atoms with Crippen molar-refractivity contribution in [2.75, 3.05) is 5.73 Å². The lowest BCUT2D eigenvalue weighted by atomic mass is 10.1. The zero-order valence-electron chi connectivity index (χ0n) is 11.0. The van der Waals surface area contributed by atoms with E-state index in [1.165, 1.54) is 0 Å². The number of nitrogens with zero attached hydrogens (tertiary/aromatic N) is 2. The first-order chi connectivity index (χ1) is 7.70. The number of rotatable bonds is 3. The molecule has 0 bridgehead atoms. The Morgan fingerprint density at radius 2 is 1.88 bits per heavy atom. The number of hydrogen-bond donors (Lipinski definition) is 1. The number of thioether (sulfide) groups is 1. The van der Waals surface area contributed by atoms with Gasteiger partial charge in [0, 0.05) is 4.75 Å². The minimum absolute atomic E-state index is 0.211. The fraction of sp³-hybridized carbons (Fsp3) is 0.667. The van der Waals surface area contributed by atoms with Crippen LogP contribution in [0.3, 0.4) is 0 Å². The van der Waals surface area contributed by atoms with Crippen LogP contribution in [-0.2, 0) is 5.75 Å². The summed E-state index contributed by atoms with van der Waals surface area (Å²) < 4.78 is 1.04. The highest BCUT2D eigenvalue weighted by molar-refractivity contribution is 9.10. The van der Waals surface area contributed by atoms with E-state index >= 15 is 0 Å². The molecular weight excluding hydrogens is 298 g/mol. The second-order valence-corrected chi connectivity index (χ2v) is 7.88. The molecule has 0 saturated heterocycles. The van der Waals surface area contributed by atoms with Gasteiger partial charge in [-0.3, -0.25) is 0 Å². The molecule has 1 aromatic rings. The Morgan fingerprint density at radius 3 is 2.35 bits per heavy atom. The first-order valence-electron chi connectivity index (χ1n) is 5.66. The van der Waals surface area contributed by atoms with Crippen molar-refractivity contribution in [1.82, 2.24) is 9.97 Å². The minimum atomic E-state index is 0.211. The number of halogens is 1. The van der Waals surface area contributed by atoms with E-state index in [-0.39, 0.29) is 4.75 Å². The average molecular weight is 318 g/mol. The molecule has 0 fully saturated rings. The molecule has 1 heterocycles. The second kappa shape index (κ2) is 5.57. The Balaban J connectivity index is 2.95. The molecule has 5 heteroatoms. The summed E-state index contributed by atoms with van der Waals surface area (Å²) in [5.74, 6) is 2.48. The van der Waals surface area contributed by atoms with Crippen LogP contribution >= 0.6 is 27.7 Å². The van der Waals surface area contributed by atoms with Crippen molar-refractivity contribution in [3.8, 4) is 0 Å². The third-order valence-corrected chi connectivity index (χ3v) is 4.21. The van der Waals surface area contributed by atoms with Gasteiger partial charge in [0.15, 0.2) is 0 Å². The van der Waals surface area contributed by atoms with Crippen LogP contribution in [0.2, 0.25) is 0 Å². The van der Waals surface area contributed by atoms with Crippen molar-refractivity contribution in [2.45, 2.75) is 51.0 Å². The minimum Gasteiger partial charge on any atom is -0.383 e. The summed E-state index contributed by atoms with van der Waals surface area (Å²) >= 11 is 5.27. The SMILES string of the molecule is CC(C)c1nc(CSC(C)(C)C)nc(N)c1Br. The van der Waals surface area contributed by atoms with E-state index in [9.17, 15) is 0 Å². The molecule has 0 aliphatic heterocycles. The van der Waals surface area contributed by atoms with E-state index in [2.05, 4.69) is 60.5 Å². The van der Waals surface area contributed by atoms with Crippen molar-refractivity contribution >= 4 is 33.5 Å². The summed E-state index contributed by atoms with van der Waals surface area (Å²) in [6.07, 6.45) is 0. The molecule has 1 aromatic heterocycles. The van der Waals surface area contributed by atoms with Crippen molar-refractivity contribution in [3.63, 3.8) is 0 Å². The third kappa shape index (κ3) is 4.47. The zero-order valence-corrected chi connectivity index (χ0v) is 13.4. The Labute approximate surface area is 116 Å². The van der Waals surface area contributed by atoms with Crippen LogP contribution in [0.15, 0.2) is 4.47 Å². The lowest BCUT2D eigenvalue weighted by Gasteiger charge is -2.18. The summed E-state index contributed by atoms with van der Waals surface area (Å²) in [6.45, 7) is 10.8. The van der Waals surface area contributed by atoms with Gasteiger partial charge in [-0.15, -0.1) is 11.8 Å². The van der Waals surface area contributed by atoms with Gasteiger partial charge in [0.2, 0.25) is 0 Å². The van der Waals surface area contributed by atoms with Crippen molar-refractivity contribution in [2.24, 2.45) is 0 Å². The van der Waals surface area contributed by atoms with Gasteiger partial charge in [-0.1, -0.05) is 34.6 Å². The van der Waals surface area contributed by atoms with Crippen LogP contribution in [-0.4, -0.2) is 14.7 Å². The Bertz CT molecular complexity index is 399. The summed E-state index contributed by atoms with van der Waals surface area (Å²) in [5.41, 5.74) is 6.88. The molecule has 0 unspecified atom stereocenters. The molecule has 0 atom stereocenters. The van der Waals surface area contributed by atoms with Gasteiger partial charge in [-0.2, -0.15) is 0 Å². The summed E-state index contributed by atoms with van der Waals surface area (Å²) in [5, 5.41) is 0. The first kappa shape index (κ1) is 14.8. The maximum atomic E-state index is 5.89. The fourth-order valence-electron chi connectivity index (χ4n) is 1.26. The standard InChI is InChI=1S/C12H20BrN3S/c1-7(2)10-9(13)11(14)16-8(15-10)6-17-12(3,4)5/h7H,6H2,1-5H3,(H2,14,15,16). The number of nitrogen functional groups attached to an aromatic ring is 1. The molecule has 0 aliphatic carbocycles. The van der Waals surface area contributed by atoms with E-state index in [4.69, 9.17) is 5.73 Å². The third-order valence-electron chi connectivity index (χ3n) is 2.13. The van der Waals surface area contributed by atoms with Crippen LogP contribution in [0, 0.1) is 0 Å². The van der Waals surface area contributed by atoms with Gasteiger partial charge in [0.05, 0.1) is 15.9 Å². The van der Waals surface area contributed by atoms with Crippen molar-refractivity contribution in [1.29, 1.82) is 0 Å². The van der Waals surface area contributed by atoms with Gasteiger partial charge in [-0.05, 0) is 21.8 Å². The summed E-state index contributed by atoms with van der Waals surface area (Å²) in [7, 11) is 0. The van der Waals surface area contributed by atoms with E-state index < -0.39 is 0 Å². The topological polar surface area (TPSA) is 51.8 Å². The Morgan fingerprint density at radius 1 is 1.29 bits per heavy atom. The van der Waals surface area contributed by atoms with Crippen LogP contribution in [0.4, 0.5) is 5.82 Å². The predicted molar refractivity (Wildman–Crippen MR) is 79.3 cm³/mol. The van der Waals surface area contributed by atoms with E-state index in [1.54, 1.807) is 0 Å². The first-order valence-corrected chi connectivity index (χ1v) is 7.44. The summed E-state index contributed by atoms with van der Waals surface area (Å²) in [6, 6.07) is 0. The molecule has 0 spiro atoms. The van der Waals surface area contributed by atoms with Gasteiger partial charge in [-0.25, -0.2) is 9.97 Å². The Hall–Kier alpha value is -0.290. The van der Waals surface area contributed by atoms with Crippen molar-refractivity contribution < 1.29 is 0 Å². The molecule has 1 rings (SSSR count). The molecule has 0 saturated carbocycles. The average Bonchev–Trinajstić information content (AvgIpc) is 2.18. The quantitative estimate of drug-likeness (QED) is 0.916. The highest BCUT2D eigenvalue weighted by Gasteiger charge is 2.16. The van der Waals surface area contributed by atoms with Crippen LogP contribution in [0.5, 0.6) is 0 Å². The number of hydrogen-bond acceptors (Lipinski definition) is 4. The number of nitrogens with two attached hydrogens (primary N) is 1. The lowest BCUT2D eigenvalue weighted by molar-refractivity contribution is 0.784. The summed E-state index contributed by atoms with van der Waals surface area (Å²) in [4.78, 5) is 8.89. The fourth-order valence-corrected chi connectivity index (χ4v) is 2.59. The van der Waals surface area contributed by atoms with Crippen LogP contribution in [0.25, 0.3) is 0 Å². The smallest absolute Gasteiger partial charge is 0.141 e. The molecule has 96 valence electrons. The normalized spacial score (nSPS) is 12.2. The molecule has 0 aromatic carbocycles. The molecular formula is C12H20BrN3S. The highest BCUT2D eigenvalue weighted by Crippen LogP contribution is 2.30. The maximum absolute atomic E-state index is 5.89. The maximum Gasteiger partial charge on any atom is 0.141 e. The number of anilines is 1. The lowest BCUT2D eigenvalue weighted by Crippen LogP contribution is -2.11. The van der Waals surface area contributed by atoms with Gasteiger partial charge in [0.1, 0.15) is 11.6 Å². The van der Waals surface area contributed by atoms with Gasteiger partial charge in [0.25, 0.3) is 0 Å². The van der Waals surface area contributed by atoms with Crippen LogP contribution in [0.1, 0.15) is 52.1 Å². The van der Waals surface area contributed by atoms with E-state index in [1.807, 2.05) is 11.8 Å². The molecule has 0 radical (unpaired) electrons. The largest absolute Gasteiger partial charge is 0.383 e. The number of aromatic nitrogens is 2. The Kier molecular flexibility index (Phi) is 4.84. The van der Waals surface area contributed by atoms with E-state index in [0.717, 1.165) is 21.7 Å². The molecule has 0 aliphatic rings. The van der Waals surface area contributed by atoms with Crippen molar-refractivity contribution in [3.05, 3.63) is 16.0 Å². The van der Waals surface area contributed by atoms with Crippen LogP contribution < -0.4 is 5.73 Å². The molecule has 17 heavy (non-hydrogen) atoms. The van der Waals surface area contributed by atoms with Gasteiger partial charge < -0.3 is 5.73 Å². The zero-order chi connectivity index (χ0) is 13.2. The highest BCUT2D eigenvalue weighted by atomic mass is 79.9. The molecule has 0 amide bonds. The predicted octanol–water partition coefficient (Wildman–Crippen LogP) is 3.98.